The van der Waals surface area contributed by atoms with Crippen molar-refractivity contribution < 1.29 is 9.53 Å². The van der Waals surface area contributed by atoms with Crippen LogP contribution in [0.4, 0.5) is 0 Å². The van der Waals surface area contributed by atoms with Crippen molar-refractivity contribution >= 4 is 11.4 Å². The predicted molar refractivity (Wildman–Crippen MR) is 110 cm³/mol. The second kappa shape index (κ2) is 7.08. The van der Waals surface area contributed by atoms with Crippen molar-refractivity contribution in [3.05, 3.63) is 64.8 Å². The standard InChI is InChI=1S/C24H26N2O2/c1-16-9-10-21-19(12-16)13-17(15-28-21)14-20(27)23-24(18-6-2-3-7-18)26-11-5-4-8-22(26)25-23/h2-3,6,9-10,12,17H,4-5,7-8,11,13-15H2,1H3. The number of ketones is 1. The van der Waals surface area contributed by atoms with Crippen LogP contribution in [0, 0.1) is 12.8 Å². The van der Waals surface area contributed by atoms with Crippen LogP contribution in [-0.4, -0.2) is 21.9 Å². The quantitative estimate of drug-likeness (QED) is 0.729. The molecule has 1 aliphatic carbocycles. The Morgan fingerprint density at radius 3 is 3.11 bits per heavy atom. The predicted octanol–water partition coefficient (Wildman–Crippen LogP) is 4.70. The van der Waals surface area contributed by atoms with Crippen molar-refractivity contribution in [2.45, 2.75) is 52.0 Å². The van der Waals surface area contributed by atoms with Gasteiger partial charge in [-0.25, -0.2) is 4.98 Å². The van der Waals surface area contributed by atoms with E-state index < -0.39 is 0 Å². The lowest BCUT2D eigenvalue weighted by Gasteiger charge is -2.25. The van der Waals surface area contributed by atoms with Crippen molar-refractivity contribution in [1.82, 2.24) is 9.55 Å². The van der Waals surface area contributed by atoms with Gasteiger partial charge in [0.05, 0.1) is 12.3 Å². The van der Waals surface area contributed by atoms with Crippen LogP contribution >= 0.6 is 0 Å². The molecule has 0 fully saturated rings. The van der Waals surface area contributed by atoms with Crippen LogP contribution in [-0.2, 0) is 19.4 Å². The average molecular weight is 374 g/mol. The number of imidazole rings is 1. The fraction of sp³-hybridized carbons (Fsp3) is 0.417. The van der Waals surface area contributed by atoms with Crippen molar-refractivity contribution in [3.63, 3.8) is 0 Å². The number of allylic oxidation sites excluding steroid dienone is 4. The monoisotopic (exact) mass is 374 g/mol. The van der Waals surface area contributed by atoms with Gasteiger partial charge in [0.25, 0.3) is 0 Å². The molecule has 5 rings (SSSR count). The van der Waals surface area contributed by atoms with E-state index in [1.54, 1.807) is 0 Å². The summed E-state index contributed by atoms with van der Waals surface area (Å²) in [4.78, 5) is 18.1. The van der Waals surface area contributed by atoms with Crippen molar-refractivity contribution in [1.29, 1.82) is 0 Å². The number of rotatable bonds is 4. The fourth-order valence-corrected chi connectivity index (χ4v) is 4.70. The number of aromatic nitrogens is 2. The Hall–Kier alpha value is -2.62. The van der Waals surface area contributed by atoms with E-state index >= 15 is 0 Å². The van der Waals surface area contributed by atoms with E-state index in [9.17, 15) is 4.79 Å². The minimum atomic E-state index is 0.161. The number of hydrogen-bond donors (Lipinski definition) is 0. The summed E-state index contributed by atoms with van der Waals surface area (Å²) in [5.41, 5.74) is 5.43. The first kappa shape index (κ1) is 17.5. The number of carbonyl (C=O) groups is 1. The molecular formula is C24H26N2O2. The highest BCUT2D eigenvalue weighted by Crippen LogP contribution is 2.33. The summed E-state index contributed by atoms with van der Waals surface area (Å²) in [7, 11) is 0. The molecule has 0 radical (unpaired) electrons. The van der Waals surface area contributed by atoms with E-state index in [0.717, 1.165) is 55.9 Å². The Morgan fingerprint density at radius 2 is 2.25 bits per heavy atom. The Labute approximate surface area is 165 Å². The molecule has 4 nitrogen and oxygen atoms in total. The number of aryl methyl sites for hydroxylation is 2. The maximum atomic E-state index is 13.3. The maximum absolute atomic E-state index is 13.3. The molecule has 2 aromatic rings. The molecule has 0 saturated carbocycles. The molecule has 0 amide bonds. The minimum Gasteiger partial charge on any atom is -0.493 e. The molecule has 0 spiro atoms. The maximum Gasteiger partial charge on any atom is 0.183 e. The fourth-order valence-electron chi connectivity index (χ4n) is 4.70. The van der Waals surface area contributed by atoms with Crippen molar-refractivity contribution in [2.24, 2.45) is 5.92 Å². The van der Waals surface area contributed by atoms with E-state index in [2.05, 4.69) is 41.9 Å². The van der Waals surface area contributed by atoms with Gasteiger partial charge in [0.2, 0.25) is 0 Å². The lowest BCUT2D eigenvalue weighted by Crippen LogP contribution is -2.24. The SMILES string of the molecule is Cc1ccc2c(c1)CC(CC(=O)c1nc3n(c1C1=CC=CC1)CCCC3)CO2. The van der Waals surface area contributed by atoms with Crippen LogP contribution < -0.4 is 4.74 Å². The van der Waals surface area contributed by atoms with Crippen LogP contribution in [0.5, 0.6) is 5.75 Å². The van der Waals surface area contributed by atoms with Crippen LogP contribution in [0.3, 0.4) is 0 Å². The molecule has 0 saturated heterocycles. The average Bonchev–Trinajstić information content (AvgIpc) is 3.35. The topological polar surface area (TPSA) is 44.1 Å². The summed E-state index contributed by atoms with van der Waals surface area (Å²) in [6.45, 7) is 3.68. The number of hydrogen-bond acceptors (Lipinski definition) is 3. The Balaban J connectivity index is 1.41. The first-order valence-electron chi connectivity index (χ1n) is 10.4. The zero-order valence-corrected chi connectivity index (χ0v) is 16.4. The Bertz CT molecular complexity index is 996. The van der Waals surface area contributed by atoms with Gasteiger partial charge in [0, 0.05) is 25.3 Å². The molecule has 0 bridgehead atoms. The highest BCUT2D eigenvalue weighted by molar-refractivity contribution is 5.99. The summed E-state index contributed by atoms with van der Waals surface area (Å²) >= 11 is 0. The molecule has 144 valence electrons. The van der Waals surface area contributed by atoms with Gasteiger partial charge in [-0.15, -0.1) is 0 Å². The van der Waals surface area contributed by atoms with Crippen LogP contribution in [0.2, 0.25) is 0 Å². The van der Waals surface area contributed by atoms with Gasteiger partial charge in [-0.05, 0) is 49.8 Å². The number of benzene rings is 1. The first-order valence-corrected chi connectivity index (χ1v) is 10.4. The third kappa shape index (κ3) is 3.11. The molecule has 1 aromatic carbocycles. The van der Waals surface area contributed by atoms with Gasteiger partial charge in [0.15, 0.2) is 5.78 Å². The van der Waals surface area contributed by atoms with E-state index in [0.29, 0.717) is 18.7 Å². The number of nitrogens with zero attached hydrogens (tertiary/aromatic N) is 2. The van der Waals surface area contributed by atoms with Gasteiger partial charge in [-0.1, -0.05) is 35.9 Å². The summed E-state index contributed by atoms with van der Waals surface area (Å²) in [5.74, 6) is 2.42. The largest absolute Gasteiger partial charge is 0.493 e. The summed E-state index contributed by atoms with van der Waals surface area (Å²) in [6, 6.07) is 6.31. The van der Waals surface area contributed by atoms with Gasteiger partial charge >= 0.3 is 0 Å². The normalized spacial score (nSPS) is 20.3. The van der Waals surface area contributed by atoms with E-state index in [-0.39, 0.29) is 11.7 Å². The first-order chi connectivity index (χ1) is 13.7. The van der Waals surface area contributed by atoms with Crippen LogP contribution in [0.25, 0.3) is 5.57 Å². The zero-order chi connectivity index (χ0) is 19.1. The third-order valence-electron chi connectivity index (χ3n) is 6.09. The molecular weight excluding hydrogens is 348 g/mol. The summed E-state index contributed by atoms with van der Waals surface area (Å²) < 4.78 is 8.24. The second-order valence-corrected chi connectivity index (χ2v) is 8.28. The molecule has 3 aliphatic rings. The third-order valence-corrected chi connectivity index (χ3v) is 6.09. The Morgan fingerprint density at radius 1 is 1.32 bits per heavy atom. The van der Waals surface area contributed by atoms with Crippen molar-refractivity contribution in [3.8, 4) is 5.75 Å². The number of ether oxygens (including phenoxy) is 1. The second-order valence-electron chi connectivity index (χ2n) is 8.28. The Kier molecular flexibility index (Phi) is 4.42. The highest BCUT2D eigenvalue weighted by atomic mass is 16.5. The molecule has 0 N–H and O–H groups in total. The van der Waals surface area contributed by atoms with Gasteiger partial charge in [0.1, 0.15) is 17.3 Å². The molecule has 1 atom stereocenters. The lowest BCUT2D eigenvalue weighted by atomic mass is 9.90. The van der Waals surface area contributed by atoms with Gasteiger partial charge in [-0.3, -0.25) is 4.79 Å². The van der Waals surface area contributed by atoms with Gasteiger partial charge in [-0.2, -0.15) is 0 Å². The molecule has 28 heavy (non-hydrogen) atoms. The van der Waals surface area contributed by atoms with Crippen LogP contribution in [0.1, 0.15) is 58.8 Å². The van der Waals surface area contributed by atoms with Gasteiger partial charge < -0.3 is 9.30 Å². The molecule has 3 heterocycles. The van der Waals surface area contributed by atoms with E-state index in [4.69, 9.17) is 9.72 Å². The molecule has 4 heteroatoms. The zero-order valence-electron chi connectivity index (χ0n) is 16.4. The number of Topliss-reactive ketones (excluding diaryl/α,β-unsaturated/α-hetero) is 1. The summed E-state index contributed by atoms with van der Waals surface area (Å²) in [6.07, 6.45) is 12.0. The van der Waals surface area contributed by atoms with Crippen molar-refractivity contribution in [2.75, 3.05) is 6.61 Å². The number of fused-ring (bicyclic) bond motifs is 2. The molecule has 1 aromatic heterocycles. The van der Waals surface area contributed by atoms with E-state index in [1.807, 2.05) is 6.07 Å². The molecule has 2 aliphatic heterocycles. The molecule has 1 unspecified atom stereocenters. The lowest BCUT2D eigenvalue weighted by molar-refractivity contribution is 0.0929. The van der Waals surface area contributed by atoms with Crippen LogP contribution in [0.15, 0.2) is 36.4 Å². The summed E-state index contributed by atoms with van der Waals surface area (Å²) in [5, 5.41) is 0. The number of carbonyl (C=O) groups excluding carboxylic acids is 1. The highest BCUT2D eigenvalue weighted by Gasteiger charge is 2.29. The smallest absolute Gasteiger partial charge is 0.183 e. The van der Waals surface area contributed by atoms with E-state index in [1.165, 1.54) is 16.7 Å². The minimum absolute atomic E-state index is 0.161.